The summed E-state index contributed by atoms with van der Waals surface area (Å²) in [6, 6.07) is 0. The molecule has 0 saturated carbocycles. The number of rotatable bonds is 6. The van der Waals surface area contributed by atoms with E-state index in [0.717, 1.165) is 6.42 Å². The van der Waals surface area contributed by atoms with Crippen molar-refractivity contribution in [1.29, 1.82) is 0 Å². The summed E-state index contributed by atoms with van der Waals surface area (Å²) < 4.78 is 5.58. The summed E-state index contributed by atoms with van der Waals surface area (Å²) in [4.78, 5) is 11.7. The van der Waals surface area contributed by atoms with Gasteiger partial charge >= 0.3 is 0 Å². The summed E-state index contributed by atoms with van der Waals surface area (Å²) in [5.74, 6) is 0.295. The SMILES string of the molecule is CNCOC(C)(C)CCC(=O)C(C)(C)C. The average molecular weight is 215 g/mol. The van der Waals surface area contributed by atoms with E-state index in [-0.39, 0.29) is 11.0 Å². The van der Waals surface area contributed by atoms with Gasteiger partial charge in [-0.25, -0.2) is 0 Å². The summed E-state index contributed by atoms with van der Waals surface area (Å²) in [7, 11) is 1.84. The molecule has 0 aliphatic rings. The van der Waals surface area contributed by atoms with Gasteiger partial charge in [0.15, 0.2) is 0 Å². The van der Waals surface area contributed by atoms with E-state index in [2.05, 4.69) is 5.32 Å². The van der Waals surface area contributed by atoms with Crippen molar-refractivity contribution in [2.75, 3.05) is 13.8 Å². The largest absolute Gasteiger partial charge is 0.360 e. The Hall–Kier alpha value is -0.410. The minimum Gasteiger partial charge on any atom is -0.360 e. The number of carbonyl (C=O) groups is 1. The standard InChI is InChI=1S/C12H25NO2/c1-11(2,3)10(14)7-8-12(4,5)15-9-13-6/h13H,7-9H2,1-6H3. The molecule has 0 spiro atoms. The summed E-state index contributed by atoms with van der Waals surface area (Å²) >= 11 is 0. The lowest BCUT2D eigenvalue weighted by molar-refractivity contribution is -0.128. The minimum absolute atomic E-state index is 0.232. The third-order valence-electron chi connectivity index (χ3n) is 2.40. The number of ketones is 1. The minimum atomic E-state index is -0.237. The fourth-order valence-electron chi connectivity index (χ4n) is 1.13. The number of ether oxygens (including phenoxy) is 1. The monoisotopic (exact) mass is 215 g/mol. The molecular weight excluding hydrogens is 190 g/mol. The van der Waals surface area contributed by atoms with Crippen molar-refractivity contribution in [2.45, 2.75) is 53.1 Å². The highest BCUT2D eigenvalue weighted by molar-refractivity contribution is 5.83. The number of carbonyl (C=O) groups excluding carboxylic acids is 1. The lowest BCUT2D eigenvalue weighted by Crippen LogP contribution is -2.31. The van der Waals surface area contributed by atoms with E-state index in [1.54, 1.807) is 0 Å². The molecule has 0 radical (unpaired) electrons. The molecule has 15 heavy (non-hydrogen) atoms. The Morgan fingerprint density at radius 1 is 1.20 bits per heavy atom. The lowest BCUT2D eigenvalue weighted by Gasteiger charge is -2.26. The van der Waals surface area contributed by atoms with Crippen LogP contribution in [0.4, 0.5) is 0 Å². The van der Waals surface area contributed by atoms with Crippen LogP contribution in [0.3, 0.4) is 0 Å². The Bertz CT molecular complexity index is 204. The molecule has 0 unspecified atom stereocenters. The number of hydrogen-bond donors (Lipinski definition) is 1. The first-order chi connectivity index (χ1) is 6.69. The van der Waals surface area contributed by atoms with Gasteiger partial charge in [0.25, 0.3) is 0 Å². The Morgan fingerprint density at radius 3 is 2.13 bits per heavy atom. The van der Waals surface area contributed by atoms with E-state index < -0.39 is 0 Å². The van der Waals surface area contributed by atoms with Crippen molar-refractivity contribution in [3.8, 4) is 0 Å². The lowest BCUT2D eigenvalue weighted by atomic mass is 9.86. The first-order valence-electron chi connectivity index (χ1n) is 5.51. The fourth-order valence-corrected chi connectivity index (χ4v) is 1.13. The molecule has 0 aromatic rings. The maximum atomic E-state index is 11.7. The first kappa shape index (κ1) is 14.6. The third-order valence-corrected chi connectivity index (χ3v) is 2.40. The Kier molecular flexibility index (Phi) is 5.46. The van der Waals surface area contributed by atoms with Crippen molar-refractivity contribution in [1.82, 2.24) is 5.32 Å². The van der Waals surface area contributed by atoms with Gasteiger partial charge in [0.05, 0.1) is 12.3 Å². The van der Waals surface area contributed by atoms with Gasteiger partial charge in [-0.05, 0) is 27.3 Å². The van der Waals surface area contributed by atoms with Gasteiger partial charge in [0.1, 0.15) is 5.78 Å². The summed E-state index contributed by atoms with van der Waals surface area (Å²) in [5.41, 5.74) is -0.469. The van der Waals surface area contributed by atoms with Gasteiger partial charge in [-0.15, -0.1) is 0 Å². The average Bonchev–Trinajstić information content (AvgIpc) is 2.09. The van der Waals surface area contributed by atoms with Crippen molar-refractivity contribution < 1.29 is 9.53 Å². The van der Waals surface area contributed by atoms with Crippen LogP contribution in [0, 0.1) is 5.41 Å². The van der Waals surface area contributed by atoms with Gasteiger partial charge in [-0.3, -0.25) is 10.1 Å². The van der Waals surface area contributed by atoms with Crippen LogP contribution >= 0.6 is 0 Å². The van der Waals surface area contributed by atoms with E-state index >= 15 is 0 Å². The number of nitrogens with one attached hydrogen (secondary N) is 1. The van der Waals surface area contributed by atoms with Crippen LogP contribution in [0.15, 0.2) is 0 Å². The van der Waals surface area contributed by atoms with Crippen LogP contribution in [0.5, 0.6) is 0 Å². The molecule has 0 rings (SSSR count). The predicted octanol–water partition coefficient (Wildman–Crippen LogP) is 2.35. The first-order valence-corrected chi connectivity index (χ1v) is 5.51. The zero-order chi connectivity index (χ0) is 12.1. The Labute approximate surface area is 93.6 Å². The van der Waals surface area contributed by atoms with Crippen molar-refractivity contribution in [3.05, 3.63) is 0 Å². The quantitative estimate of drug-likeness (QED) is 0.691. The molecule has 0 fully saturated rings. The van der Waals surface area contributed by atoms with Crippen molar-refractivity contribution >= 4 is 5.78 Å². The second-order valence-corrected chi connectivity index (χ2v) is 5.58. The Balaban J connectivity index is 3.98. The maximum absolute atomic E-state index is 11.7. The molecule has 1 N–H and O–H groups in total. The molecule has 3 nitrogen and oxygen atoms in total. The highest BCUT2D eigenvalue weighted by atomic mass is 16.5. The van der Waals surface area contributed by atoms with Gasteiger partial charge < -0.3 is 4.74 Å². The Morgan fingerprint density at radius 2 is 1.73 bits per heavy atom. The summed E-state index contributed by atoms with van der Waals surface area (Å²) in [5, 5.41) is 2.93. The molecule has 0 saturated heterocycles. The molecule has 0 aromatic heterocycles. The van der Waals surface area contributed by atoms with E-state index in [0.29, 0.717) is 18.9 Å². The zero-order valence-corrected chi connectivity index (χ0v) is 10.9. The van der Waals surface area contributed by atoms with Crippen LogP contribution < -0.4 is 5.32 Å². The normalized spacial score (nSPS) is 12.9. The fraction of sp³-hybridized carbons (Fsp3) is 0.917. The molecule has 0 amide bonds. The highest BCUT2D eigenvalue weighted by Crippen LogP contribution is 2.22. The molecule has 0 aromatic carbocycles. The second-order valence-electron chi connectivity index (χ2n) is 5.58. The molecule has 3 heteroatoms. The second kappa shape index (κ2) is 5.61. The van der Waals surface area contributed by atoms with Crippen molar-refractivity contribution in [2.24, 2.45) is 5.41 Å². The van der Waals surface area contributed by atoms with E-state index in [1.165, 1.54) is 0 Å². The van der Waals surface area contributed by atoms with Crippen LogP contribution in [0.25, 0.3) is 0 Å². The van der Waals surface area contributed by atoms with E-state index in [4.69, 9.17) is 4.74 Å². The van der Waals surface area contributed by atoms with Crippen molar-refractivity contribution in [3.63, 3.8) is 0 Å². The zero-order valence-electron chi connectivity index (χ0n) is 10.9. The molecule has 0 heterocycles. The van der Waals surface area contributed by atoms with Gasteiger partial charge in [-0.2, -0.15) is 0 Å². The van der Waals surface area contributed by atoms with Gasteiger partial charge in [-0.1, -0.05) is 20.8 Å². The van der Waals surface area contributed by atoms with Gasteiger partial charge in [0.2, 0.25) is 0 Å². The summed E-state index contributed by atoms with van der Waals surface area (Å²) in [6.07, 6.45) is 1.35. The molecule has 90 valence electrons. The molecule has 0 aliphatic heterocycles. The number of Topliss-reactive ketones (excluding diaryl/α,β-unsaturated/α-hetero) is 1. The highest BCUT2D eigenvalue weighted by Gasteiger charge is 2.25. The molecular formula is C12H25NO2. The van der Waals surface area contributed by atoms with E-state index in [9.17, 15) is 4.79 Å². The maximum Gasteiger partial charge on any atom is 0.138 e. The van der Waals surface area contributed by atoms with Crippen LogP contribution in [0.2, 0.25) is 0 Å². The van der Waals surface area contributed by atoms with Crippen LogP contribution in [0.1, 0.15) is 47.5 Å². The molecule has 0 aliphatic carbocycles. The topological polar surface area (TPSA) is 38.3 Å². The number of hydrogen-bond acceptors (Lipinski definition) is 3. The van der Waals surface area contributed by atoms with E-state index in [1.807, 2.05) is 41.7 Å². The van der Waals surface area contributed by atoms with Crippen LogP contribution in [-0.4, -0.2) is 25.2 Å². The smallest absolute Gasteiger partial charge is 0.138 e. The molecule has 0 atom stereocenters. The van der Waals surface area contributed by atoms with Gasteiger partial charge in [0, 0.05) is 11.8 Å². The van der Waals surface area contributed by atoms with Crippen LogP contribution in [-0.2, 0) is 9.53 Å². The third kappa shape index (κ3) is 6.63. The summed E-state index contributed by atoms with van der Waals surface area (Å²) in [6.45, 7) is 10.4. The molecule has 0 bridgehead atoms. The predicted molar refractivity (Wildman–Crippen MR) is 62.8 cm³/mol.